The van der Waals surface area contributed by atoms with Crippen molar-refractivity contribution >= 4 is 17.3 Å². The van der Waals surface area contributed by atoms with E-state index in [0.29, 0.717) is 6.54 Å². The summed E-state index contributed by atoms with van der Waals surface area (Å²) in [5, 5.41) is 14.1. The molecule has 0 bridgehead atoms. The second kappa shape index (κ2) is 7.70. The number of hydrogen-bond donors (Lipinski definition) is 1. The smallest absolute Gasteiger partial charge is 0.288 e. The average Bonchev–Trinajstić information content (AvgIpc) is 2.35. The Morgan fingerprint density at radius 2 is 2.22 bits per heavy atom. The SMILES string of the molecule is C#CCCCCNCc1ccc(Cl)c([N+](=O)[O-])c1. The third kappa shape index (κ3) is 4.74. The lowest BCUT2D eigenvalue weighted by Crippen LogP contribution is -2.14. The highest BCUT2D eigenvalue weighted by atomic mass is 35.5. The number of nitrogens with zero attached hydrogens (tertiary/aromatic N) is 1. The van der Waals surface area contributed by atoms with Crippen LogP contribution in [0.15, 0.2) is 18.2 Å². The van der Waals surface area contributed by atoms with Crippen LogP contribution in [0.25, 0.3) is 0 Å². The molecule has 0 fully saturated rings. The predicted octanol–water partition coefficient (Wildman–Crippen LogP) is 3.14. The molecule has 0 aliphatic rings. The fourth-order valence-electron chi connectivity index (χ4n) is 1.52. The van der Waals surface area contributed by atoms with Crippen molar-refractivity contribution < 1.29 is 4.92 Å². The van der Waals surface area contributed by atoms with E-state index in [1.54, 1.807) is 12.1 Å². The maximum atomic E-state index is 10.7. The van der Waals surface area contributed by atoms with Crippen molar-refractivity contribution in [3.05, 3.63) is 38.9 Å². The molecular formula is C13H15ClN2O2. The monoisotopic (exact) mass is 266 g/mol. The van der Waals surface area contributed by atoms with Crippen LogP contribution in [0.5, 0.6) is 0 Å². The highest BCUT2D eigenvalue weighted by Crippen LogP contribution is 2.24. The maximum Gasteiger partial charge on any atom is 0.288 e. The number of benzene rings is 1. The number of halogens is 1. The molecule has 0 spiro atoms. The third-order valence-corrected chi connectivity index (χ3v) is 2.78. The van der Waals surface area contributed by atoms with E-state index in [9.17, 15) is 10.1 Å². The van der Waals surface area contributed by atoms with Gasteiger partial charge >= 0.3 is 0 Å². The second-order valence-electron chi connectivity index (χ2n) is 3.88. The standard InChI is InChI=1S/C13H15ClN2O2/c1-2-3-4-5-8-15-10-11-6-7-12(14)13(9-11)16(17)18/h1,6-7,9,15H,3-5,8,10H2. The minimum absolute atomic E-state index is 0.0525. The van der Waals surface area contributed by atoms with E-state index in [-0.39, 0.29) is 10.7 Å². The van der Waals surface area contributed by atoms with Crippen molar-refractivity contribution in [2.45, 2.75) is 25.8 Å². The Kier molecular flexibility index (Phi) is 6.20. The van der Waals surface area contributed by atoms with E-state index in [1.165, 1.54) is 6.07 Å². The lowest BCUT2D eigenvalue weighted by atomic mass is 10.2. The molecule has 0 amide bonds. The fourth-order valence-corrected chi connectivity index (χ4v) is 1.70. The summed E-state index contributed by atoms with van der Waals surface area (Å²) in [6.07, 6.45) is 7.92. The van der Waals surface area contributed by atoms with Crippen LogP contribution in [0.4, 0.5) is 5.69 Å². The van der Waals surface area contributed by atoms with Gasteiger partial charge in [0.2, 0.25) is 0 Å². The van der Waals surface area contributed by atoms with Crippen molar-refractivity contribution in [2.75, 3.05) is 6.54 Å². The molecule has 18 heavy (non-hydrogen) atoms. The summed E-state index contributed by atoms with van der Waals surface area (Å²) in [5.41, 5.74) is 0.798. The molecule has 0 saturated carbocycles. The summed E-state index contributed by atoms with van der Waals surface area (Å²) in [6, 6.07) is 4.83. The minimum Gasteiger partial charge on any atom is -0.313 e. The van der Waals surface area contributed by atoms with Crippen LogP contribution in [-0.4, -0.2) is 11.5 Å². The second-order valence-corrected chi connectivity index (χ2v) is 4.29. The summed E-state index contributed by atoms with van der Waals surface area (Å²) in [6.45, 7) is 1.44. The molecule has 0 aliphatic heterocycles. The van der Waals surface area contributed by atoms with E-state index >= 15 is 0 Å². The molecule has 0 heterocycles. The van der Waals surface area contributed by atoms with Crippen molar-refractivity contribution in [1.29, 1.82) is 0 Å². The Labute approximate surface area is 111 Å². The zero-order valence-corrected chi connectivity index (χ0v) is 10.7. The molecule has 0 saturated heterocycles. The van der Waals surface area contributed by atoms with Gasteiger partial charge in [0.25, 0.3) is 5.69 Å². The lowest BCUT2D eigenvalue weighted by Gasteiger charge is -2.04. The van der Waals surface area contributed by atoms with Gasteiger partial charge in [-0.15, -0.1) is 12.3 Å². The van der Waals surface area contributed by atoms with Crippen LogP contribution in [0, 0.1) is 22.5 Å². The highest BCUT2D eigenvalue weighted by molar-refractivity contribution is 6.32. The number of nitro groups is 1. The Morgan fingerprint density at radius 3 is 2.89 bits per heavy atom. The number of nitro benzene ring substituents is 1. The van der Waals surface area contributed by atoms with Crippen molar-refractivity contribution in [3.63, 3.8) is 0 Å². The van der Waals surface area contributed by atoms with Gasteiger partial charge in [-0.25, -0.2) is 0 Å². The Morgan fingerprint density at radius 1 is 1.44 bits per heavy atom. The average molecular weight is 267 g/mol. The quantitative estimate of drug-likeness (QED) is 0.357. The first kappa shape index (κ1) is 14.5. The first-order chi connectivity index (χ1) is 8.65. The Hall–Kier alpha value is -1.57. The van der Waals surface area contributed by atoms with Crippen molar-refractivity contribution in [1.82, 2.24) is 5.32 Å². The molecular weight excluding hydrogens is 252 g/mol. The van der Waals surface area contributed by atoms with E-state index in [1.807, 2.05) is 0 Å². The van der Waals surface area contributed by atoms with E-state index in [0.717, 1.165) is 31.4 Å². The van der Waals surface area contributed by atoms with Crippen molar-refractivity contribution in [2.24, 2.45) is 0 Å². The normalized spacial score (nSPS) is 10.0. The summed E-state index contributed by atoms with van der Waals surface area (Å²) in [5.74, 6) is 2.59. The number of hydrogen-bond acceptors (Lipinski definition) is 3. The molecule has 1 aromatic rings. The highest BCUT2D eigenvalue weighted by Gasteiger charge is 2.12. The zero-order chi connectivity index (χ0) is 13.4. The van der Waals surface area contributed by atoms with Gasteiger partial charge in [-0.1, -0.05) is 17.7 Å². The first-order valence-electron chi connectivity index (χ1n) is 5.72. The molecule has 0 radical (unpaired) electrons. The van der Waals surface area contributed by atoms with Gasteiger partial charge in [0, 0.05) is 19.0 Å². The topological polar surface area (TPSA) is 55.2 Å². The van der Waals surface area contributed by atoms with E-state index in [2.05, 4.69) is 11.2 Å². The number of unbranched alkanes of at least 4 members (excludes halogenated alkanes) is 2. The first-order valence-corrected chi connectivity index (χ1v) is 6.10. The molecule has 1 N–H and O–H groups in total. The molecule has 0 unspecified atom stereocenters. The Bertz CT molecular complexity index is 455. The fraction of sp³-hybridized carbons (Fsp3) is 0.385. The van der Waals surface area contributed by atoms with Crippen LogP contribution in [-0.2, 0) is 6.54 Å². The van der Waals surface area contributed by atoms with Crippen LogP contribution in [0.2, 0.25) is 5.02 Å². The van der Waals surface area contributed by atoms with Crippen molar-refractivity contribution in [3.8, 4) is 12.3 Å². The van der Waals surface area contributed by atoms with Gasteiger partial charge in [-0.3, -0.25) is 10.1 Å². The molecule has 4 nitrogen and oxygen atoms in total. The Balaban J connectivity index is 2.41. The predicted molar refractivity (Wildman–Crippen MR) is 72.5 cm³/mol. The van der Waals surface area contributed by atoms with Gasteiger partial charge in [0.05, 0.1) is 4.92 Å². The zero-order valence-electron chi connectivity index (χ0n) is 9.99. The van der Waals surface area contributed by atoms with Crippen LogP contribution < -0.4 is 5.32 Å². The van der Waals surface area contributed by atoms with Gasteiger partial charge in [0.15, 0.2) is 0 Å². The molecule has 0 atom stereocenters. The minimum atomic E-state index is -0.473. The molecule has 0 aromatic heterocycles. The van der Waals surface area contributed by atoms with Crippen LogP contribution in [0.1, 0.15) is 24.8 Å². The molecule has 1 rings (SSSR count). The summed E-state index contributed by atoms with van der Waals surface area (Å²) in [4.78, 5) is 10.2. The summed E-state index contributed by atoms with van der Waals surface area (Å²) in [7, 11) is 0. The molecule has 1 aromatic carbocycles. The van der Waals surface area contributed by atoms with E-state index < -0.39 is 4.92 Å². The van der Waals surface area contributed by atoms with Gasteiger partial charge in [-0.2, -0.15) is 0 Å². The summed E-state index contributed by atoms with van der Waals surface area (Å²) >= 11 is 5.73. The number of nitrogens with one attached hydrogen (secondary N) is 1. The largest absolute Gasteiger partial charge is 0.313 e. The molecule has 5 heteroatoms. The molecule has 96 valence electrons. The van der Waals surface area contributed by atoms with Crippen LogP contribution >= 0.6 is 11.6 Å². The van der Waals surface area contributed by atoms with Crippen LogP contribution in [0.3, 0.4) is 0 Å². The lowest BCUT2D eigenvalue weighted by molar-refractivity contribution is -0.384. The third-order valence-electron chi connectivity index (χ3n) is 2.46. The maximum absolute atomic E-state index is 10.7. The number of terminal acetylenes is 1. The summed E-state index contributed by atoms with van der Waals surface area (Å²) < 4.78 is 0. The van der Waals surface area contributed by atoms with Gasteiger partial charge in [-0.05, 0) is 31.0 Å². The van der Waals surface area contributed by atoms with Gasteiger partial charge in [0.1, 0.15) is 5.02 Å². The number of rotatable bonds is 7. The van der Waals surface area contributed by atoms with E-state index in [4.69, 9.17) is 18.0 Å². The van der Waals surface area contributed by atoms with Gasteiger partial charge < -0.3 is 5.32 Å². The molecule has 0 aliphatic carbocycles.